The Balaban J connectivity index is 2.42. The number of aromatic carboxylic acids is 1. The number of hydrogen-bond donors (Lipinski definition) is 1. The Labute approximate surface area is 163 Å². The van der Waals surface area contributed by atoms with Crippen LogP contribution in [0.25, 0.3) is 11.6 Å². The lowest BCUT2D eigenvalue weighted by Crippen LogP contribution is -2.11. The molecule has 5 nitrogen and oxygen atoms in total. The molecule has 6 heteroatoms. The second-order valence-electron chi connectivity index (χ2n) is 5.92. The van der Waals surface area contributed by atoms with Gasteiger partial charge in [0.2, 0.25) is 0 Å². The number of ether oxygens (including phenoxy) is 2. The predicted octanol–water partition coefficient (Wildman–Crippen LogP) is 5.29. The van der Waals surface area contributed by atoms with E-state index in [1.54, 1.807) is 30.3 Å². The molecule has 0 fully saturated rings. The molecule has 0 aliphatic rings. The van der Waals surface area contributed by atoms with E-state index in [1.165, 1.54) is 19.2 Å². The van der Waals surface area contributed by atoms with Crippen molar-refractivity contribution in [2.45, 2.75) is 26.4 Å². The number of hydrogen-bond acceptors (Lipinski definition) is 4. The number of nitrogens with zero attached hydrogens (tertiary/aromatic N) is 1. The molecule has 2 rings (SSSR count). The zero-order valence-corrected chi connectivity index (χ0v) is 16.1. The lowest BCUT2D eigenvalue weighted by atomic mass is 10.0. The normalized spacial score (nSPS) is 12.2. The zero-order valence-electron chi connectivity index (χ0n) is 15.3. The van der Waals surface area contributed by atoms with Crippen LogP contribution < -0.4 is 9.47 Å². The van der Waals surface area contributed by atoms with Gasteiger partial charge in [0.15, 0.2) is 11.5 Å². The first-order chi connectivity index (χ1) is 12.9. The highest BCUT2D eigenvalue weighted by molar-refractivity contribution is 6.32. The number of benzene rings is 2. The van der Waals surface area contributed by atoms with E-state index in [0.717, 1.165) is 6.42 Å². The van der Waals surface area contributed by atoms with E-state index >= 15 is 0 Å². The Kier molecular flexibility index (Phi) is 6.86. The standard InChI is InChI=1S/C21H20ClNO4/c1-4-13(2)27-20-18(22)10-14(11-19(20)26-3)9-17(12-23)15-5-7-16(8-6-15)21(24)25/h5-11,13H,4H2,1-3H3,(H,24,25)/b17-9-/t13-/m1/s1. The van der Waals surface area contributed by atoms with Crippen LogP contribution in [0, 0.1) is 11.3 Å². The van der Waals surface area contributed by atoms with E-state index in [1.807, 2.05) is 13.8 Å². The van der Waals surface area contributed by atoms with E-state index in [0.29, 0.717) is 33.2 Å². The maximum absolute atomic E-state index is 11.0. The van der Waals surface area contributed by atoms with Crippen LogP contribution >= 0.6 is 11.6 Å². The SMILES string of the molecule is CC[C@@H](C)Oc1c(Cl)cc(/C=C(/C#N)c2ccc(C(=O)O)cc2)cc1OC. The molecule has 27 heavy (non-hydrogen) atoms. The van der Waals surface area contributed by atoms with Crippen LogP contribution in [0.15, 0.2) is 36.4 Å². The van der Waals surface area contributed by atoms with Gasteiger partial charge in [0.05, 0.1) is 35.4 Å². The van der Waals surface area contributed by atoms with E-state index in [9.17, 15) is 10.1 Å². The number of carboxylic acids is 1. The van der Waals surface area contributed by atoms with E-state index < -0.39 is 5.97 Å². The Bertz CT molecular complexity index is 898. The van der Waals surface area contributed by atoms with Crippen molar-refractivity contribution in [3.63, 3.8) is 0 Å². The minimum Gasteiger partial charge on any atom is -0.493 e. The first kappa shape index (κ1) is 20.3. The summed E-state index contributed by atoms with van der Waals surface area (Å²) in [6.45, 7) is 3.95. The summed E-state index contributed by atoms with van der Waals surface area (Å²) < 4.78 is 11.2. The lowest BCUT2D eigenvalue weighted by molar-refractivity contribution is 0.0697. The molecule has 0 saturated carbocycles. The highest BCUT2D eigenvalue weighted by Gasteiger charge is 2.14. The van der Waals surface area contributed by atoms with Crippen molar-refractivity contribution >= 4 is 29.2 Å². The van der Waals surface area contributed by atoms with E-state index in [2.05, 4.69) is 6.07 Å². The fourth-order valence-corrected chi connectivity index (χ4v) is 2.62. The number of methoxy groups -OCH3 is 1. The van der Waals surface area contributed by atoms with Gasteiger partial charge in [0.1, 0.15) is 0 Å². The first-order valence-corrected chi connectivity index (χ1v) is 8.77. The number of halogens is 1. The molecule has 0 amide bonds. The molecule has 0 aliphatic carbocycles. The van der Waals surface area contributed by atoms with Gasteiger partial charge in [-0.3, -0.25) is 0 Å². The molecule has 0 aliphatic heterocycles. The third-order valence-electron chi connectivity index (χ3n) is 4.02. The van der Waals surface area contributed by atoms with Crippen molar-refractivity contribution in [3.05, 3.63) is 58.1 Å². The topological polar surface area (TPSA) is 79.5 Å². The average Bonchev–Trinajstić information content (AvgIpc) is 2.67. The smallest absolute Gasteiger partial charge is 0.335 e. The second-order valence-corrected chi connectivity index (χ2v) is 6.33. The van der Waals surface area contributed by atoms with Crippen molar-refractivity contribution in [3.8, 4) is 17.6 Å². The monoisotopic (exact) mass is 385 g/mol. The summed E-state index contributed by atoms with van der Waals surface area (Å²) in [5.74, 6) is -0.0694. The molecule has 0 aromatic heterocycles. The number of allylic oxidation sites excluding steroid dienone is 1. The van der Waals surface area contributed by atoms with Crippen LogP contribution in [-0.4, -0.2) is 24.3 Å². The summed E-state index contributed by atoms with van der Waals surface area (Å²) in [5.41, 5.74) is 1.82. The zero-order chi connectivity index (χ0) is 20.0. The molecule has 1 N–H and O–H groups in total. The Morgan fingerprint density at radius 2 is 1.93 bits per heavy atom. The number of carbonyl (C=O) groups is 1. The molecule has 2 aromatic carbocycles. The number of nitriles is 1. The van der Waals surface area contributed by atoms with E-state index in [-0.39, 0.29) is 11.7 Å². The summed E-state index contributed by atoms with van der Waals surface area (Å²) in [6.07, 6.45) is 2.48. The Morgan fingerprint density at radius 1 is 1.30 bits per heavy atom. The lowest BCUT2D eigenvalue weighted by Gasteiger charge is -2.17. The second kappa shape index (κ2) is 9.11. The summed E-state index contributed by atoms with van der Waals surface area (Å²) in [6, 6.07) is 11.7. The van der Waals surface area contributed by atoms with E-state index in [4.69, 9.17) is 26.2 Å². The van der Waals surface area contributed by atoms with Crippen LogP contribution in [0.5, 0.6) is 11.5 Å². The van der Waals surface area contributed by atoms with Gasteiger partial charge in [-0.1, -0.05) is 30.7 Å². The highest BCUT2D eigenvalue weighted by Crippen LogP contribution is 2.38. The molecular weight excluding hydrogens is 366 g/mol. The van der Waals surface area contributed by atoms with Gasteiger partial charge in [-0.05, 0) is 54.8 Å². The van der Waals surface area contributed by atoms with Crippen LogP contribution in [-0.2, 0) is 0 Å². The van der Waals surface area contributed by atoms with Gasteiger partial charge >= 0.3 is 5.97 Å². The summed E-state index contributed by atoms with van der Waals surface area (Å²) in [4.78, 5) is 11.0. The number of rotatable bonds is 7. The fourth-order valence-electron chi connectivity index (χ4n) is 2.36. The van der Waals surface area contributed by atoms with Crippen LogP contribution in [0.3, 0.4) is 0 Å². The molecule has 0 radical (unpaired) electrons. The van der Waals surface area contributed by atoms with Gasteiger partial charge in [0.25, 0.3) is 0 Å². The number of carboxylic acid groups (broad SMARTS) is 1. The van der Waals surface area contributed by atoms with Crippen molar-refractivity contribution in [2.75, 3.05) is 7.11 Å². The fraction of sp³-hybridized carbons (Fsp3) is 0.238. The van der Waals surface area contributed by atoms with Gasteiger partial charge in [-0.25, -0.2) is 4.79 Å². The Morgan fingerprint density at radius 3 is 2.44 bits per heavy atom. The molecule has 0 unspecified atom stereocenters. The third-order valence-corrected chi connectivity index (χ3v) is 4.30. The largest absolute Gasteiger partial charge is 0.493 e. The summed E-state index contributed by atoms with van der Waals surface area (Å²) in [7, 11) is 1.53. The molecule has 1 atom stereocenters. The van der Waals surface area contributed by atoms with Crippen molar-refractivity contribution in [2.24, 2.45) is 0 Å². The van der Waals surface area contributed by atoms with Crippen LogP contribution in [0.2, 0.25) is 5.02 Å². The third kappa shape index (κ3) is 5.02. The van der Waals surface area contributed by atoms with Gasteiger partial charge in [0, 0.05) is 0 Å². The molecular formula is C21H20ClNO4. The highest BCUT2D eigenvalue weighted by atomic mass is 35.5. The molecule has 0 heterocycles. The molecule has 0 saturated heterocycles. The molecule has 140 valence electrons. The van der Waals surface area contributed by atoms with Crippen LogP contribution in [0.4, 0.5) is 0 Å². The Hall–Kier alpha value is -2.97. The minimum absolute atomic E-state index is 0.0137. The van der Waals surface area contributed by atoms with Gasteiger partial charge < -0.3 is 14.6 Å². The maximum Gasteiger partial charge on any atom is 0.335 e. The van der Waals surface area contributed by atoms with Crippen molar-refractivity contribution in [1.82, 2.24) is 0 Å². The minimum atomic E-state index is -1.02. The summed E-state index contributed by atoms with van der Waals surface area (Å²) >= 11 is 6.36. The predicted molar refractivity (Wildman–Crippen MR) is 105 cm³/mol. The quantitative estimate of drug-likeness (QED) is 0.517. The van der Waals surface area contributed by atoms with Gasteiger partial charge in [-0.15, -0.1) is 0 Å². The maximum atomic E-state index is 11.0. The average molecular weight is 386 g/mol. The molecule has 0 bridgehead atoms. The van der Waals surface area contributed by atoms with Crippen molar-refractivity contribution in [1.29, 1.82) is 5.26 Å². The van der Waals surface area contributed by atoms with Crippen LogP contribution in [0.1, 0.15) is 41.8 Å². The molecule has 2 aromatic rings. The van der Waals surface area contributed by atoms with Crippen molar-refractivity contribution < 1.29 is 19.4 Å². The first-order valence-electron chi connectivity index (χ1n) is 8.39. The summed E-state index contributed by atoms with van der Waals surface area (Å²) in [5, 5.41) is 18.9. The van der Waals surface area contributed by atoms with Gasteiger partial charge in [-0.2, -0.15) is 5.26 Å². The molecule has 0 spiro atoms.